The summed E-state index contributed by atoms with van der Waals surface area (Å²) in [6, 6.07) is 16.9. The van der Waals surface area contributed by atoms with Crippen LogP contribution < -0.4 is 14.8 Å². The van der Waals surface area contributed by atoms with Crippen LogP contribution in [-0.2, 0) is 11.2 Å². The van der Waals surface area contributed by atoms with Gasteiger partial charge in [-0.15, -0.1) is 0 Å². The van der Waals surface area contributed by atoms with Gasteiger partial charge >= 0.3 is 12.0 Å². The number of nitrogens with one attached hydrogen (secondary N) is 1. The number of amides is 2. The standard InChI is InChI=1S/C31H35FN2O6/c1-3-22(4-2)31(38)13-15-34(16-14-31)30(37)33-24-18-27(39-25-9-5-21(6-10-25)17-29(35)36)20-28(19-24)40-26-11-7-23(32)8-12-26/h5-12,18-20,22,38H,3-4,13-17H2,1-2H3,(H,33,37)(H,35,36). The number of nitrogens with zero attached hydrogens (tertiary/aromatic N) is 1. The smallest absolute Gasteiger partial charge is 0.321 e. The highest BCUT2D eigenvalue weighted by molar-refractivity contribution is 5.90. The first kappa shape index (κ1) is 28.9. The van der Waals surface area contributed by atoms with Crippen LogP contribution in [0.4, 0.5) is 14.9 Å². The van der Waals surface area contributed by atoms with Gasteiger partial charge in [0, 0.05) is 37.0 Å². The number of hydrogen-bond donors (Lipinski definition) is 3. The molecule has 0 atom stereocenters. The summed E-state index contributed by atoms with van der Waals surface area (Å²) in [4.78, 5) is 25.8. The summed E-state index contributed by atoms with van der Waals surface area (Å²) in [6.07, 6.45) is 2.73. The molecule has 1 saturated heterocycles. The molecule has 8 nitrogen and oxygen atoms in total. The van der Waals surface area contributed by atoms with E-state index in [0.717, 1.165) is 12.8 Å². The number of carboxylic acid groups (broad SMARTS) is 1. The second-order valence-corrected chi connectivity index (χ2v) is 10.1. The largest absolute Gasteiger partial charge is 0.481 e. The van der Waals surface area contributed by atoms with Gasteiger partial charge in [-0.25, -0.2) is 9.18 Å². The summed E-state index contributed by atoms with van der Waals surface area (Å²) in [5, 5.41) is 23.0. The number of urea groups is 1. The number of anilines is 1. The van der Waals surface area contributed by atoms with Crippen molar-refractivity contribution in [1.82, 2.24) is 4.90 Å². The fourth-order valence-electron chi connectivity index (χ4n) is 5.14. The molecule has 0 saturated carbocycles. The minimum Gasteiger partial charge on any atom is -0.481 e. The molecular formula is C31H35FN2O6. The first-order valence-corrected chi connectivity index (χ1v) is 13.5. The Morgan fingerprint density at radius 3 is 1.93 bits per heavy atom. The molecule has 212 valence electrons. The Bertz CT molecular complexity index is 1300. The molecule has 0 aliphatic carbocycles. The number of halogens is 1. The molecule has 0 spiro atoms. The summed E-state index contributed by atoms with van der Waals surface area (Å²) in [5.41, 5.74) is 0.311. The molecule has 3 aromatic carbocycles. The van der Waals surface area contributed by atoms with E-state index in [0.29, 0.717) is 60.2 Å². The van der Waals surface area contributed by atoms with Gasteiger partial charge in [-0.3, -0.25) is 4.79 Å². The molecule has 3 N–H and O–H groups in total. The first-order valence-electron chi connectivity index (χ1n) is 13.5. The lowest BCUT2D eigenvalue weighted by molar-refractivity contribution is -0.136. The van der Waals surface area contributed by atoms with Crippen LogP contribution in [0.1, 0.15) is 45.1 Å². The second kappa shape index (κ2) is 12.8. The highest BCUT2D eigenvalue weighted by Crippen LogP contribution is 2.35. The van der Waals surface area contributed by atoms with E-state index >= 15 is 0 Å². The number of carbonyl (C=O) groups is 2. The molecule has 9 heteroatoms. The Kier molecular flexibility index (Phi) is 9.26. The first-order chi connectivity index (χ1) is 19.2. The number of aliphatic carboxylic acids is 1. The highest BCUT2D eigenvalue weighted by Gasteiger charge is 2.38. The van der Waals surface area contributed by atoms with Crippen molar-refractivity contribution in [1.29, 1.82) is 0 Å². The number of carbonyl (C=O) groups excluding carboxylic acids is 1. The summed E-state index contributed by atoms with van der Waals surface area (Å²) in [6.45, 7) is 5.04. The van der Waals surface area contributed by atoms with Gasteiger partial charge in [0.15, 0.2) is 0 Å². The zero-order chi connectivity index (χ0) is 28.7. The Morgan fingerprint density at radius 2 is 1.43 bits per heavy atom. The molecule has 1 aliphatic rings. The Hall–Kier alpha value is -4.11. The quantitative estimate of drug-likeness (QED) is 0.255. The predicted octanol–water partition coefficient (Wildman–Crippen LogP) is 6.83. The molecule has 0 aromatic heterocycles. The van der Waals surface area contributed by atoms with Crippen LogP contribution in [0.15, 0.2) is 66.7 Å². The van der Waals surface area contributed by atoms with Crippen LogP contribution in [0.5, 0.6) is 23.0 Å². The highest BCUT2D eigenvalue weighted by atomic mass is 19.1. The predicted molar refractivity (Wildman–Crippen MR) is 150 cm³/mol. The van der Waals surface area contributed by atoms with Gasteiger partial charge in [-0.1, -0.05) is 38.8 Å². The minimum atomic E-state index is -0.923. The van der Waals surface area contributed by atoms with E-state index in [1.807, 2.05) is 0 Å². The fraction of sp³-hybridized carbons (Fsp3) is 0.355. The minimum absolute atomic E-state index is 0.0943. The van der Waals surface area contributed by atoms with Gasteiger partial charge in [0.25, 0.3) is 0 Å². The molecule has 0 radical (unpaired) electrons. The Labute approximate surface area is 233 Å². The number of likely N-dealkylation sites (tertiary alicyclic amines) is 1. The van der Waals surface area contributed by atoms with E-state index in [1.54, 1.807) is 47.4 Å². The Morgan fingerprint density at radius 1 is 0.900 bits per heavy atom. The van der Waals surface area contributed by atoms with Crippen molar-refractivity contribution in [3.63, 3.8) is 0 Å². The third kappa shape index (κ3) is 7.51. The fourth-order valence-corrected chi connectivity index (χ4v) is 5.14. The normalized spacial score (nSPS) is 14.6. The van der Waals surface area contributed by atoms with E-state index in [4.69, 9.17) is 14.6 Å². The molecule has 4 rings (SSSR count). The lowest BCUT2D eigenvalue weighted by Crippen LogP contribution is -2.51. The molecule has 1 aliphatic heterocycles. The molecule has 1 fully saturated rings. The summed E-state index contributed by atoms with van der Waals surface area (Å²) < 4.78 is 25.3. The molecule has 1 heterocycles. The van der Waals surface area contributed by atoms with Gasteiger partial charge in [0.2, 0.25) is 0 Å². The number of rotatable bonds is 10. The second-order valence-electron chi connectivity index (χ2n) is 10.1. The van der Waals surface area contributed by atoms with Gasteiger partial charge in [0.1, 0.15) is 28.8 Å². The number of hydrogen-bond acceptors (Lipinski definition) is 5. The number of ether oxygens (including phenoxy) is 2. The monoisotopic (exact) mass is 550 g/mol. The van der Waals surface area contributed by atoms with E-state index in [-0.39, 0.29) is 24.2 Å². The zero-order valence-electron chi connectivity index (χ0n) is 22.7. The topological polar surface area (TPSA) is 108 Å². The number of benzene rings is 3. The summed E-state index contributed by atoms with van der Waals surface area (Å²) in [7, 11) is 0. The maximum atomic E-state index is 13.4. The van der Waals surface area contributed by atoms with Crippen LogP contribution in [0.2, 0.25) is 0 Å². The van der Waals surface area contributed by atoms with Crippen molar-refractivity contribution in [2.75, 3.05) is 18.4 Å². The van der Waals surface area contributed by atoms with Gasteiger partial charge < -0.3 is 29.9 Å². The van der Waals surface area contributed by atoms with Gasteiger partial charge in [-0.2, -0.15) is 0 Å². The third-order valence-electron chi connectivity index (χ3n) is 7.36. The number of aliphatic hydroxyl groups is 1. The van der Waals surface area contributed by atoms with Crippen LogP contribution in [0.3, 0.4) is 0 Å². The molecule has 2 amide bonds. The van der Waals surface area contributed by atoms with Crippen molar-refractivity contribution in [2.45, 2.75) is 51.6 Å². The summed E-state index contributed by atoms with van der Waals surface area (Å²) in [5.74, 6) is 0.518. The van der Waals surface area contributed by atoms with Crippen molar-refractivity contribution in [3.05, 3.63) is 78.1 Å². The molecule has 40 heavy (non-hydrogen) atoms. The average molecular weight is 551 g/mol. The zero-order valence-corrected chi connectivity index (χ0v) is 22.7. The van der Waals surface area contributed by atoms with Crippen molar-refractivity contribution in [3.8, 4) is 23.0 Å². The number of carboxylic acids is 1. The van der Waals surface area contributed by atoms with E-state index in [9.17, 15) is 19.1 Å². The van der Waals surface area contributed by atoms with Crippen molar-refractivity contribution < 1.29 is 33.7 Å². The van der Waals surface area contributed by atoms with Crippen molar-refractivity contribution in [2.24, 2.45) is 5.92 Å². The van der Waals surface area contributed by atoms with Gasteiger partial charge in [0.05, 0.1) is 12.0 Å². The van der Waals surface area contributed by atoms with Crippen LogP contribution in [0.25, 0.3) is 0 Å². The molecule has 3 aromatic rings. The number of piperidine rings is 1. The van der Waals surface area contributed by atoms with Crippen LogP contribution in [-0.4, -0.2) is 45.8 Å². The summed E-state index contributed by atoms with van der Waals surface area (Å²) >= 11 is 0. The van der Waals surface area contributed by atoms with Crippen LogP contribution >= 0.6 is 0 Å². The SMILES string of the molecule is CCC(CC)C1(O)CCN(C(=O)Nc2cc(Oc3ccc(F)cc3)cc(Oc3ccc(CC(=O)O)cc3)c2)CC1. The maximum Gasteiger partial charge on any atom is 0.321 e. The van der Waals surface area contributed by atoms with Crippen molar-refractivity contribution >= 4 is 17.7 Å². The van der Waals surface area contributed by atoms with E-state index in [1.165, 1.54) is 24.3 Å². The third-order valence-corrected chi connectivity index (χ3v) is 7.36. The molecule has 0 unspecified atom stereocenters. The molecular weight excluding hydrogens is 515 g/mol. The lowest BCUT2D eigenvalue weighted by atomic mass is 9.77. The van der Waals surface area contributed by atoms with Crippen LogP contribution in [0, 0.1) is 11.7 Å². The van der Waals surface area contributed by atoms with E-state index in [2.05, 4.69) is 19.2 Å². The Balaban J connectivity index is 1.51. The lowest BCUT2D eigenvalue weighted by Gasteiger charge is -2.42. The van der Waals surface area contributed by atoms with E-state index < -0.39 is 11.6 Å². The molecule has 0 bridgehead atoms. The maximum absolute atomic E-state index is 13.4. The average Bonchev–Trinajstić information content (AvgIpc) is 2.92. The van der Waals surface area contributed by atoms with Gasteiger partial charge in [-0.05, 0) is 60.7 Å².